The minimum absolute atomic E-state index is 0.217. The lowest BCUT2D eigenvalue weighted by Gasteiger charge is -2.14. The van der Waals surface area contributed by atoms with Crippen molar-refractivity contribution in [1.29, 1.82) is 0 Å². The van der Waals surface area contributed by atoms with Gasteiger partial charge in [0.05, 0.1) is 0 Å². The van der Waals surface area contributed by atoms with Crippen molar-refractivity contribution in [1.82, 2.24) is 10.9 Å². The van der Waals surface area contributed by atoms with Gasteiger partial charge in [0, 0.05) is 6.08 Å². The van der Waals surface area contributed by atoms with E-state index in [1.807, 2.05) is 39.0 Å². The molecule has 5 nitrogen and oxygen atoms in total. The predicted octanol–water partition coefficient (Wildman–Crippen LogP) is 3.50. The van der Waals surface area contributed by atoms with Gasteiger partial charge in [0.15, 0.2) is 6.61 Å². The zero-order valence-corrected chi connectivity index (χ0v) is 15.6. The fraction of sp³-hybridized carbons (Fsp3) is 0.238. The monoisotopic (exact) mass is 370 g/mol. The molecule has 0 atom stereocenters. The van der Waals surface area contributed by atoms with E-state index in [0.717, 1.165) is 11.1 Å². The minimum atomic E-state index is -0.508. The summed E-state index contributed by atoms with van der Waals surface area (Å²) in [4.78, 5) is 23.6. The zero-order chi connectivity index (χ0) is 19.8. The summed E-state index contributed by atoms with van der Waals surface area (Å²) in [6.07, 6.45) is 2.75. The Bertz CT molecular complexity index is 830. The summed E-state index contributed by atoms with van der Waals surface area (Å²) < 4.78 is 18.4. The molecular weight excluding hydrogens is 347 g/mol. The highest BCUT2D eigenvalue weighted by molar-refractivity contribution is 5.93. The molecule has 2 aromatic carbocycles. The average molecular weight is 370 g/mol. The molecule has 0 saturated carbocycles. The zero-order valence-electron chi connectivity index (χ0n) is 15.6. The molecule has 142 valence electrons. The van der Waals surface area contributed by atoms with Crippen LogP contribution in [-0.2, 0) is 9.59 Å². The van der Waals surface area contributed by atoms with E-state index < -0.39 is 11.8 Å². The first-order valence-electron chi connectivity index (χ1n) is 8.61. The molecule has 0 saturated heterocycles. The van der Waals surface area contributed by atoms with Crippen LogP contribution in [-0.4, -0.2) is 18.4 Å². The third-order valence-corrected chi connectivity index (χ3v) is 3.77. The highest BCUT2D eigenvalue weighted by atomic mass is 19.1. The van der Waals surface area contributed by atoms with Crippen molar-refractivity contribution in [2.75, 3.05) is 6.61 Å². The van der Waals surface area contributed by atoms with Gasteiger partial charge in [0.25, 0.3) is 11.8 Å². The summed E-state index contributed by atoms with van der Waals surface area (Å²) in [6.45, 7) is 5.83. The molecule has 0 unspecified atom stereocenters. The molecule has 0 aliphatic rings. The molecule has 2 aromatic rings. The molecule has 2 N–H and O–H groups in total. The minimum Gasteiger partial charge on any atom is -0.483 e. The molecule has 0 spiro atoms. The number of hydrazine groups is 1. The quantitative estimate of drug-likeness (QED) is 0.604. The number of rotatable bonds is 6. The Labute approximate surface area is 158 Å². The Balaban J connectivity index is 1.81. The Morgan fingerprint density at radius 2 is 1.81 bits per heavy atom. The Morgan fingerprint density at radius 3 is 2.48 bits per heavy atom. The lowest BCUT2D eigenvalue weighted by Crippen LogP contribution is -2.43. The van der Waals surface area contributed by atoms with Crippen molar-refractivity contribution in [2.24, 2.45) is 0 Å². The SMILES string of the molecule is Cc1ccc(C(C)C)c(OCC(=O)NNC(=O)/C=C/c2ccc(F)cc2)c1. The topological polar surface area (TPSA) is 67.4 Å². The van der Waals surface area contributed by atoms with Crippen LogP contribution in [0.5, 0.6) is 5.75 Å². The first-order valence-corrected chi connectivity index (χ1v) is 8.61. The predicted molar refractivity (Wildman–Crippen MR) is 102 cm³/mol. The highest BCUT2D eigenvalue weighted by Crippen LogP contribution is 2.27. The van der Waals surface area contributed by atoms with Crippen LogP contribution in [0.15, 0.2) is 48.5 Å². The van der Waals surface area contributed by atoms with Crippen molar-refractivity contribution in [2.45, 2.75) is 26.7 Å². The lowest BCUT2D eigenvalue weighted by atomic mass is 10.0. The number of ether oxygens (including phenoxy) is 1. The number of halogens is 1. The Hall–Kier alpha value is -3.15. The van der Waals surface area contributed by atoms with Crippen LogP contribution >= 0.6 is 0 Å². The molecular formula is C21H23FN2O3. The molecule has 0 radical (unpaired) electrons. The Morgan fingerprint density at radius 1 is 1.11 bits per heavy atom. The number of hydrogen-bond donors (Lipinski definition) is 2. The van der Waals surface area contributed by atoms with E-state index in [9.17, 15) is 14.0 Å². The number of carbonyl (C=O) groups excluding carboxylic acids is 2. The van der Waals surface area contributed by atoms with Gasteiger partial charge in [0.2, 0.25) is 0 Å². The van der Waals surface area contributed by atoms with Gasteiger partial charge in [-0.15, -0.1) is 0 Å². The van der Waals surface area contributed by atoms with E-state index in [1.165, 1.54) is 24.3 Å². The molecule has 0 fully saturated rings. The van der Waals surface area contributed by atoms with Crippen molar-refractivity contribution < 1.29 is 18.7 Å². The van der Waals surface area contributed by atoms with E-state index >= 15 is 0 Å². The van der Waals surface area contributed by atoms with Gasteiger partial charge < -0.3 is 4.74 Å². The van der Waals surface area contributed by atoms with Crippen molar-refractivity contribution in [3.8, 4) is 5.75 Å². The summed E-state index contributed by atoms with van der Waals surface area (Å²) in [5.74, 6) is -0.415. The van der Waals surface area contributed by atoms with Crippen LogP contribution < -0.4 is 15.6 Å². The van der Waals surface area contributed by atoms with Gasteiger partial charge in [-0.2, -0.15) is 0 Å². The van der Waals surface area contributed by atoms with E-state index in [1.54, 1.807) is 12.1 Å². The van der Waals surface area contributed by atoms with Gasteiger partial charge in [-0.1, -0.05) is 38.1 Å². The fourth-order valence-electron chi connectivity index (χ4n) is 2.34. The van der Waals surface area contributed by atoms with E-state index in [4.69, 9.17) is 4.74 Å². The molecule has 27 heavy (non-hydrogen) atoms. The van der Waals surface area contributed by atoms with Gasteiger partial charge >= 0.3 is 0 Å². The largest absolute Gasteiger partial charge is 0.483 e. The number of aryl methyl sites for hydroxylation is 1. The highest BCUT2D eigenvalue weighted by Gasteiger charge is 2.10. The molecule has 0 aromatic heterocycles. The van der Waals surface area contributed by atoms with E-state index in [0.29, 0.717) is 11.3 Å². The normalized spacial score (nSPS) is 10.9. The summed E-state index contributed by atoms with van der Waals surface area (Å²) in [5.41, 5.74) is 7.27. The maximum atomic E-state index is 12.8. The van der Waals surface area contributed by atoms with E-state index in [-0.39, 0.29) is 18.3 Å². The standard InChI is InChI=1S/C21H23FN2O3/c1-14(2)18-10-4-15(3)12-19(18)27-13-21(26)24-23-20(25)11-7-16-5-8-17(22)9-6-16/h4-12,14H,13H2,1-3H3,(H,23,25)(H,24,26)/b11-7+. The lowest BCUT2D eigenvalue weighted by molar-refractivity contribution is -0.128. The van der Waals surface area contributed by atoms with Crippen LogP contribution in [0.4, 0.5) is 4.39 Å². The molecule has 0 heterocycles. The van der Waals surface area contributed by atoms with Crippen LogP contribution in [0, 0.1) is 12.7 Å². The summed E-state index contributed by atoms with van der Waals surface area (Å²) in [5, 5.41) is 0. The second kappa shape index (κ2) is 9.52. The fourth-order valence-corrected chi connectivity index (χ4v) is 2.34. The number of amides is 2. The van der Waals surface area contributed by atoms with Gasteiger partial charge in [0.1, 0.15) is 11.6 Å². The molecule has 0 aliphatic carbocycles. The maximum absolute atomic E-state index is 12.8. The van der Waals surface area contributed by atoms with Crippen molar-refractivity contribution in [3.05, 3.63) is 71.0 Å². The van der Waals surface area contributed by atoms with Crippen LogP contribution in [0.3, 0.4) is 0 Å². The number of nitrogens with one attached hydrogen (secondary N) is 2. The van der Waals surface area contributed by atoms with Gasteiger partial charge in [-0.3, -0.25) is 20.4 Å². The number of hydrogen-bond acceptors (Lipinski definition) is 3. The smallest absolute Gasteiger partial charge is 0.276 e. The summed E-state index contributed by atoms with van der Waals surface area (Å²) >= 11 is 0. The number of benzene rings is 2. The van der Waals surface area contributed by atoms with Crippen LogP contribution in [0.25, 0.3) is 6.08 Å². The van der Waals surface area contributed by atoms with Crippen molar-refractivity contribution in [3.63, 3.8) is 0 Å². The third kappa shape index (κ3) is 6.58. The Kier molecular flexibility index (Phi) is 7.11. The second-order valence-corrected chi connectivity index (χ2v) is 6.41. The van der Waals surface area contributed by atoms with Crippen molar-refractivity contribution >= 4 is 17.9 Å². The molecule has 0 aliphatic heterocycles. The molecule has 0 bridgehead atoms. The summed E-state index contributed by atoms with van der Waals surface area (Å²) in [7, 11) is 0. The number of carbonyl (C=O) groups is 2. The molecule has 2 amide bonds. The van der Waals surface area contributed by atoms with Crippen LogP contribution in [0.2, 0.25) is 0 Å². The average Bonchev–Trinajstić information content (AvgIpc) is 2.64. The van der Waals surface area contributed by atoms with E-state index in [2.05, 4.69) is 10.9 Å². The molecule has 6 heteroatoms. The van der Waals surface area contributed by atoms with Gasteiger partial charge in [-0.05, 0) is 53.8 Å². The first kappa shape index (κ1) is 20.2. The summed E-state index contributed by atoms with van der Waals surface area (Å²) in [6, 6.07) is 11.5. The van der Waals surface area contributed by atoms with Gasteiger partial charge in [-0.25, -0.2) is 4.39 Å². The molecule has 2 rings (SSSR count). The first-order chi connectivity index (χ1) is 12.8. The maximum Gasteiger partial charge on any atom is 0.276 e. The third-order valence-electron chi connectivity index (χ3n) is 3.77. The second-order valence-electron chi connectivity index (χ2n) is 6.41. The van der Waals surface area contributed by atoms with Crippen LogP contribution in [0.1, 0.15) is 36.5 Å².